The van der Waals surface area contributed by atoms with Gasteiger partial charge in [-0.25, -0.2) is 0 Å². The molecule has 1 aromatic rings. The zero-order valence-corrected chi connectivity index (χ0v) is 10.8. The minimum atomic E-state index is 0.00329. The average molecular weight is 233 g/mol. The van der Waals surface area contributed by atoms with Crippen LogP contribution >= 0.6 is 0 Å². The Balaban J connectivity index is 2.71. The van der Waals surface area contributed by atoms with Gasteiger partial charge in [-0.05, 0) is 17.9 Å². The first kappa shape index (κ1) is 13.9. The van der Waals surface area contributed by atoms with Crippen LogP contribution in [0.25, 0.3) is 0 Å². The second kappa shape index (κ2) is 7.25. The summed E-state index contributed by atoms with van der Waals surface area (Å²) in [5.74, 6) is 0.519. The van der Waals surface area contributed by atoms with E-state index in [2.05, 4.69) is 25.7 Å². The van der Waals surface area contributed by atoms with Gasteiger partial charge in [-0.3, -0.25) is 0 Å². The van der Waals surface area contributed by atoms with E-state index in [0.29, 0.717) is 12.0 Å². The van der Waals surface area contributed by atoms with Crippen molar-refractivity contribution >= 4 is 0 Å². The zero-order valence-electron chi connectivity index (χ0n) is 10.8. The topological polar surface area (TPSA) is 32.3 Å². The zero-order chi connectivity index (χ0) is 12.7. The van der Waals surface area contributed by atoms with Crippen molar-refractivity contribution in [1.29, 1.82) is 0 Å². The van der Waals surface area contributed by atoms with Gasteiger partial charge in [0.1, 0.15) is 0 Å². The standard InChI is InChI=1S/C15H23NO/c1-4-8-14(12(2)3)16-15(11-17)13-9-6-5-7-10-13/h4-7,9-10,12,14-17H,1,8,11H2,2-3H3/t14-,15+/m0/s1. The van der Waals surface area contributed by atoms with E-state index in [1.54, 1.807) is 0 Å². The summed E-state index contributed by atoms with van der Waals surface area (Å²) in [4.78, 5) is 0. The normalized spacial score (nSPS) is 14.6. The van der Waals surface area contributed by atoms with Gasteiger partial charge in [-0.1, -0.05) is 50.3 Å². The summed E-state index contributed by atoms with van der Waals surface area (Å²) in [6.45, 7) is 8.26. The highest BCUT2D eigenvalue weighted by molar-refractivity contribution is 5.19. The number of hydrogen-bond acceptors (Lipinski definition) is 2. The SMILES string of the molecule is C=CC[C@H](N[C@H](CO)c1ccccc1)C(C)C. The van der Waals surface area contributed by atoms with Crippen LogP contribution in [0.1, 0.15) is 31.9 Å². The third-order valence-electron chi connectivity index (χ3n) is 3.03. The molecule has 0 saturated carbocycles. The molecule has 0 aliphatic rings. The largest absolute Gasteiger partial charge is 0.394 e. The van der Waals surface area contributed by atoms with Crippen molar-refractivity contribution < 1.29 is 5.11 Å². The smallest absolute Gasteiger partial charge is 0.0626 e. The van der Waals surface area contributed by atoms with Crippen LogP contribution in [0, 0.1) is 5.92 Å². The second-order valence-corrected chi connectivity index (χ2v) is 4.69. The molecular formula is C15H23NO. The Labute approximate surface area is 104 Å². The molecule has 0 amide bonds. The van der Waals surface area contributed by atoms with E-state index in [0.717, 1.165) is 12.0 Å². The molecular weight excluding hydrogens is 210 g/mol. The van der Waals surface area contributed by atoms with Crippen LogP contribution in [0.5, 0.6) is 0 Å². The van der Waals surface area contributed by atoms with Crippen molar-refractivity contribution in [3.63, 3.8) is 0 Å². The van der Waals surface area contributed by atoms with Gasteiger partial charge in [0.05, 0.1) is 12.6 Å². The van der Waals surface area contributed by atoms with Crippen LogP contribution in [0.3, 0.4) is 0 Å². The molecule has 0 spiro atoms. The number of rotatable bonds is 7. The molecule has 0 saturated heterocycles. The molecule has 2 atom stereocenters. The predicted molar refractivity (Wildman–Crippen MR) is 72.8 cm³/mol. The van der Waals surface area contributed by atoms with Crippen LogP contribution in [0.15, 0.2) is 43.0 Å². The monoisotopic (exact) mass is 233 g/mol. The molecule has 0 aliphatic carbocycles. The Morgan fingerprint density at radius 2 is 1.94 bits per heavy atom. The lowest BCUT2D eigenvalue weighted by Gasteiger charge is -2.27. The third-order valence-corrected chi connectivity index (χ3v) is 3.03. The molecule has 94 valence electrons. The van der Waals surface area contributed by atoms with E-state index in [-0.39, 0.29) is 12.6 Å². The Morgan fingerprint density at radius 1 is 1.29 bits per heavy atom. The molecule has 0 fully saturated rings. The Hall–Kier alpha value is -1.12. The first-order chi connectivity index (χ1) is 8.19. The minimum Gasteiger partial charge on any atom is -0.394 e. The lowest BCUT2D eigenvalue weighted by atomic mass is 9.98. The van der Waals surface area contributed by atoms with Gasteiger partial charge >= 0.3 is 0 Å². The Kier molecular flexibility index (Phi) is 5.95. The molecule has 2 heteroatoms. The maximum atomic E-state index is 9.49. The fourth-order valence-electron chi connectivity index (χ4n) is 1.91. The lowest BCUT2D eigenvalue weighted by molar-refractivity contribution is 0.221. The van der Waals surface area contributed by atoms with Crippen molar-refractivity contribution in [1.82, 2.24) is 5.32 Å². The summed E-state index contributed by atoms with van der Waals surface area (Å²) < 4.78 is 0. The second-order valence-electron chi connectivity index (χ2n) is 4.69. The number of hydrogen-bond donors (Lipinski definition) is 2. The Bertz CT molecular complexity index is 321. The summed E-state index contributed by atoms with van der Waals surface area (Å²) in [6.07, 6.45) is 2.85. The van der Waals surface area contributed by atoms with E-state index < -0.39 is 0 Å². The molecule has 0 unspecified atom stereocenters. The van der Waals surface area contributed by atoms with Gasteiger partial charge in [0, 0.05) is 6.04 Å². The van der Waals surface area contributed by atoms with E-state index in [4.69, 9.17) is 0 Å². The summed E-state index contributed by atoms with van der Waals surface area (Å²) >= 11 is 0. The highest BCUT2D eigenvalue weighted by atomic mass is 16.3. The van der Waals surface area contributed by atoms with Crippen molar-refractivity contribution in [3.8, 4) is 0 Å². The summed E-state index contributed by atoms with van der Waals surface area (Å²) in [6, 6.07) is 10.4. The molecule has 0 aromatic heterocycles. The molecule has 1 aromatic carbocycles. The fourth-order valence-corrected chi connectivity index (χ4v) is 1.91. The summed E-state index contributed by atoms with van der Waals surface area (Å²) in [7, 11) is 0. The van der Waals surface area contributed by atoms with E-state index >= 15 is 0 Å². The number of aliphatic hydroxyl groups is 1. The van der Waals surface area contributed by atoms with Gasteiger partial charge in [0.15, 0.2) is 0 Å². The fraction of sp³-hybridized carbons (Fsp3) is 0.467. The van der Waals surface area contributed by atoms with Crippen molar-refractivity contribution in [3.05, 3.63) is 48.6 Å². The van der Waals surface area contributed by atoms with Gasteiger partial charge in [-0.15, -0.1) is 6.58 Å². The maximum Gasteiger partial charge on any atom is 0.0626 e. The molecule has 0 heterocycles. The van der Waals surface area contributed by atoms with Crippen LogP contribution in [-0.4, -0.2) is 17.8 Å². The van der Waals surface area contributed by atoms with Crippen LogP contribution in [0.4, 0.5) is 0 Å². The summed E-state index contributed by atoms with van der Waals surface area (Å²) in [5, 5.41) is 13.0. The van der Waals surface area contributed by atoms with Gasteiger partial charge in [-0.2, -0.15) is 0 Å². The molecule has 0 radical (unpaired) electrons. The molecule has 0 aliphatic heterocycles. The van der Waals surface area contributed by atoms with E-state index in [1.165, 1.54) is 0 Å². The first-order valence-corrected chi connectivity index (χ1v) is 6.21. The van der Waals surface area contributed by atoms with Crippen molar-refractivity contribution in [2.75, 3.05) is 6.61 Å². The minimum absolute atomic E-state index is 0.00329. The summed E-state index contributed by atoms with van der Waals surface area (Å²) in [5.41, 5.74) is 1.13. The van der Waals surface area contributed by atoms with Gasteiger partial charge in [0.2, 0.25) is 0 Å². The van der Waals surface area contributed by atoms with Crippen molar-refractivity contribution in [2.24, 2.45) is 5.92 Å². The number of nitrogens with one attached hydrogen (secondary N) is 1. The first-order valence-electron chi connectivity index (χ1n) is 6.21. The number of benzene rings is 1. The third kappa shape index (κ3) is 4.33. The van der Waals surface area contributed by atoms with E-state index in [9.17, 15) is 5.11 Å². The van der Waals surface area contributed by atoms with E-state index in [1.807, 2.05) is 36.4 Å². The van der Waals surface area contributed by atoms with Gasteiger partial charge < -0.3 is 10.4 Å². The quantitative estimate of drug-likeness (QED) is 0.710. The van der Waals surface area contributed by atoms with Gasteiger partial charge in [0.25, 0.3) is 0 Å². The molecule has 1 rings (SSSR count). The average Bonchev–Trinajstić information content (AvgIpc) is 2.35. The molecule has 17 heavy (non-hydrogen) atoms. The highest BCUT2D eigenvalue weighted by Gasteiger charge is 2.17. The van der Waals surface area contributed by atoms with Crippen LogP contribution < -0.4 is 5.32 Å². The molecule has 2 nitrogen and oxygen atoms in total. The number of aliphatic hydroxyl groups excluding tert-OH is 1. The van der Waals surface area contributed by atoms with Crippen molar-refractivity contribution in [2.45, 2.75) is 32.4 Å². The van der Waals surface area contributed by atoms with Crippen LogP contribution in [-0.2, 0) is 0 Å². The predicted octanol–water partition coefficient (Wildman–Crippen LogP) is 2.91. The maximum absolute atomic E-state index is 9.49. The molecule has 0 bridgehead atoms. The highest BCUT2D eigenvalue weighted by Crippen LogP contribution is 2.16. The van der Waals surface area contributed by atoms with Crippen LogP contribution in [0.2, 0.25) is 0 Å². The lowest BCUT2D eigenvalue weighted by Crippen LogP contribution is -2.38. The Morgan fingerprint density at radius 3 is 2.41 bits per heavy atom. The molecule has 2 N–H and O–H groups in total.